The first-order valence-corrected chi connectivity index (χ1v) is 7.46. The predicted octanol–water partition coefficient (Wildman–Crippen LogP) is 0.261. The predicted molar refractivity (Wildman–Crippen MR) is 75.2 cm³/mol. The molecule has 0 unspecified atom stereocenters. The third kappa shape index (κ3) is 3.91. The maximum atomic E-state index is 12.3. The molecular formula is C14H27N3O2. The van der Waals surface area contributed by atoms with E-state index in [1.54, 1.807) is 7.11 Å². The van der Waals surface area contributed by atoms with Crippen LogP contribution in [0.3, 0.4) is 0 Å². The van der Waals surface area contributed by atoms with Gasteiger partial charge in [0.15, 0.2) is 0 Å². The molecule has 0 bridgehead atoms. The number of piperazine rings is 1. The van der Waals surface area contributed by atoms with E-state index >= 15 is 0 Å². The lowest BCUT2D eigenvalue weighted by Gasteiger charge is -2.38. The van der Waals surface area contributed by atoms with Gasteiger partial charge in [0, 0.05) is 52.9 Å². The Morgan fingerprint density at radius 1 is 1.11 bits per heavy atom. The summed E-state index contributed by atoms with van der Waals surface area (Å²) in [6, 6.07) is 0.0441. The number of nitrogens with zero attached hydrogens (tertiary/aromatic N) is 3. The van der Waals surface area contributed by atoms with Crippen molar-refractivity contribution in [1.29, 1.82) is 0 Å². The molecule has 5 heteroatoms. The Bertz CT molecular complexity index is 284. The third-order valence-corrected chi connectivity index (χ3v) is 4.34. The van der Waals surface area contributed by atoms with Crippen molar-refractivity contribution in [3.63, 3.8) is 0 Å². The van der Waals surface area contributed by atoms with Gasteiger partial charge in [-0.1, -0.05) is 0 Å². The minimum absolute atomic E-state index is 0.0441. The molecule has 2 aliphatic rings. The molecule has 0 aliphatic carbocycles. The molecule has 19 heavy (non-hydrogen) atoms. The van der Waals surface area contributed by atoms with Gasteiger partial charge in [-0.25, -0.2) is 0 Å². The number of carbonyl (C=O) groups excluding carboxylic acids is 1. The quantitative estimate of drug-likeness (QED) is 0.717. The summed E-state index contributed by atoms with van der Waals surface area (Å²) in [5, 5.41) is 0. The number of methoxy groups -OCH3 is 1. The number of likely N-dealkylation sites (tertiary alicyclic amines) is 1. The highest BCUT2D eigenvalue weighted by Crippen LogP contribution is 2.13. The smallest absolute Gasteiger partial charge is 0.239 e. The van der Waals surface area contributed by atoms with Gasteiger partial charge in [-0.05, 0) is 19.8 Å². The van der Waals surface area contributed by atoms with E-state index in [0.717, 1.165) is 52.4 Å². The normalized spacial score (nSPS) is 23.8. The van der Waals surface area contributed by atoms with Crippen molar-refractivity contribution in [2.24, 2.45) is 0 Å². The highest BCUT2D eigenvalue weighted by molar-refractivity contribution is 5.81. The summed E-state index contributed by atoms with van der Waals surface area (Å²) in [6.07, 6.45) is 2.34. The number of rotatable bonds is 5. The summed E-state index contributed by atoms with van der Waals surface area (Å²) in [4.78, 5) is 19.1. The van der Waals surface area contributed by atoms with Gasteiger partial charge in [0.25, 0.3) is 0 Å². The fourth-order valence-corrected chi connectivity index (χ4v) is 2.95. The van der Waals surface area contributed by atoms with E-state index in [2.05, 4.69) is 16.7 Å². The van der Waals surface area contributed by atoms with E-state index in [0.29, 0.717) is 5.91 Å². The number of carbonyl (C=O) groups is 1. The van der Waals surface area contributed by atoms with Crippen LogP contribution in [0.25, 0.3) is 0 Å². The zero-order valence-electron chi connectivity index (χ0n) is 12.3. The van der Waals surface area contributed by atoms with Crippen LogP contribution in [0, 0.1) is 0 Å². The van der Waals surface area contributed by atoms with Gasteiger partial charge >= 0.3 is 0 Å². The van der Waals surface area contributed by atoms with Crippen LogP contribution in [0.2, 0.25) is 0 Å². The minimum atomic E-state index is 0.0441. The molecule has 0 spiro atoms. The number of ether oxygens (including phenoxy) is 1. The minimum Gasteiger partial charge on any atom is -0.383 e. The molecular weight excluding hydrogens is 242 g/mol. The van der Waals surface area contributed by atoms with Gasteiger partial charge < -0.3 is 9.64 Å². The molecule has 1 amide bonds. The summed E-state index contributed by atoms with van der Waals surface area (Å²) in [5.74, 6) is 0.322. The summed E-state index contributed by atoms with van der Waals surface area (Å²) in [7, 11) is 1.74. The van der Waals surface area contributed by atoms with Crippen LogP contribution >= 0.6 is 0 Å². The molecule has 110 valence electrons. The first kappa shape index (κ1) is 14.8. The van der Waals surface area contributed by atoms with Crippen molar-refractivity contribution in [3.8, 4) is 0 Å². The number of amides is 1. The van der Waals surface area contributed by atoms with Crippen molar-refractivity contribution < 1.29 is 9.53 Å². The second-order valence-electron chi connectivity index (χ2n) is 5.58. The average molecular weight is 269 g/mol. The lowest BCUT2D eigenvalue weighted by atomic mass is 10.2. The fraction of sp³-hybridized carbons (Fsp3) is 0.929. The first-order chi connectivity index (χ1) is 9.22. The second kappa shape index (κ2) is 7.22. The molecule has 0 aromatic heterocycles. The first-order valence-electron chi connectivity index (χ1n) is 7.46. The largest absolute Gasteiger partial charge is 0.383 e. The number of hydrogen-bond donors (Lipinski definition) is 0. The third-order valence-electron chi connectivity index (χ3n) is 4.34. The van der Waals surface area contributed by atoms with Gasteiger partial charge in [0.05, 0.1) is 12.6 Å². The molecule has 2 saturated heterocycles. The molecule has 5 nitrogen and oxygen atoms in total. The summed E-state index contributed by atoms with van der Waals surface area (Å²) in [6.45, 7) is 9.83. The van der Waals surface area contributed by atoms with E-state index in [-0.39, 0.29) is 6.04 Å². The van der Waals surface area contributed by atoms with E-state index in [9.17, 15) is 4.79 Å². The molecule has 2 rings (SSSR count). The molecule has 2 fully saturated rings. The lowest BCUT2D eigenvalue weighted by molar-refractivity contribution is -0.136. The molecule has 0 aromatic rings. The molecule has 0 aromatic carbocycles. The summed E-state index contributed by atoms with van der Waals surface area (Å²) < 4.78 is 5.11. The Balaban J connectivity index is 1.75. The maximum absolute atomic E-state index is 12.3. The Kier molecular flexibility index (Phi) is 5.60. The Labute approximate surface area is 116 Å². The van der Waals surface area contributed by atoms with Crippen LogP contribution < -0.4 is 0 Å². The van der Waals surface area contributed by atoms with Crippen LogP contribution in [0.15, 0.2) is 0 Å². The van der Waals surface area contributed by atoms with Gasteiger partial charge in [-0.2, -0.15) is 0 Å². The SMILES string of the molecule is COCCN1CCN([C@@H](C)C(=O)N2CCCC2)CC1. The van der Waals surface area contributed by atoms with Gasteiger partial charge in [-0.15, -0.1) is 0 Å². The van der Waals surface area contributed by atoms with Crippen molar-refractivity contribution >= 4 is 5.91 Å². The fourth-order valence-electron chi connectivity index (χ4n) is 2.95. The van der Waals surface area contributed by atoms with E-state index in [4.69, 9.17) is 4.74 Å². The molecule has 0 N–H and O–H groups in total. The average Bonchev–Trinajstić information content (AvgIpc) is 2.98. The van der Waals surface area contributed by atoms with Crippen LogP contribution in [-0.4, -0.2) is 86.2 Å². The summed E-state index contributed by atoms with van der Waals surface area (Å²) >= 11 is 0. The lowest BCUT2D eigenvalue weighted by Crippen LogP contribution is -2.54. The second-order valence-corrected chi connectivity index (χ2v) is 5.58. The maximum Gasteiger partial charge on any atom is 0.239 e. The molecule has 2 heterocycles. The van der Waals surface area contributed by atoms with Gasteiger partial charge in [0.2, 0.25) is 5.91 Å². The van der Waals surface area contributed by atoms with Crippen LogP contribution in [0.1, 0.15) is 19.8 Å². The van der Waals surface area contributed by atoms with E-state index < -0.39 is 0 Å². The van der Waals surface area contributed by atoms with Gasteiger partial charge in [-0.3, -0.25) is 14.6 Å². The van der Waals surface area contributed by atoms with Crippen molar-refractivity contribution in [2.75, 3.05) is 59.5 Å². The van der Waals surface area contributed by atoms with E-state index in [1.807, 2.05) is 4.90 Å². The van der Waals surface area contributed by atoms with E-state index in [1.165, 1.54) is 12.8 Å². The van der Waals surface area contributed by atoms with Crippen molar-refractivity contribution in [1.82, 2.24) is 14.7 Å². The van der Waals surface area contributed by atoms with Crippen LogP contribution in [0.5, 0.6) is 0 Å². The highest BCUT2D eigenvalue weighted by Gasteiger charge is 2.29. The zero-order chi connectivity index (χ0) is 13.7. The molecule has 0 saturated carbocycles. The topological polar surface area (TPSA) is 36.0 Å². The standard InChI is InChI=1S/C14H27N3O2/c1-13(14(18)17-5-3-4-6-17)16-9-7-15(8-10-16)11-12-19-2/h13H,3-12H2,1-2H3/t13-/m0/s1. The Morgan fingerprint density at radius 3 is 2.32 bits per heavy atom. The molecule has 2 aliphatic heterocycles. The Morgan fingerprint density at radius 2 is 1.74 bits per heavy atom. The Hall–Kier alpha value is -0.650. The molecule has 0 radical (unpaired) electrons. The van der Waals surface area contributed by atoms with Crippen LogP contribution in [0.4, 0.5) is 0 Å². The van der Waals surface area contributed by atoms with Crippen molar-refractivity contribution in [3.05, 3.63) is 0 Å². The molecule has 1 atom stereocenters. The number of hydrogen-bond acceptors (Lipinski definition) is 4. The highest BCUT2D eigenvalue weighted by atomic mass is 16.5. The zero-order valence-corrected chi connectivity index (χ0v) is 12.3. The van der Waals surface area contributed by atoms with Gasteiger partial charge in [0.1, 0.15) is 0 Å². The summed E-state index contributed by atoms with van der Waals surface area (Å²) in [5.41, 5.74) is 0. The van der Waals surface area contributed by atoms with Crippen LogP contribution in [-0.2, 0) is 9.53 Å². The van der Waals surface area contributed by atoms with Crippen molar-refractivity contribution in [2.45, 2.75) is 25.8 Å². The monoisotopic (exact) mass is 269 g/mol.